The summed E-state index contributed by atoms with van der Waals surface area (Å²) in [5.74, 6) is 1.13. The van der Waals surface area contributed by atoms with Gasteiger partial charge in [-0.15, -0.1) is 0 Å². The third kappa shape index (κ3) is 2.72. The first-order valence-electron chi connectivity index (χ1n) is 5.84. The average Bonchev–Trinajstić information content (AvgIpc) is 2.36. The maximum absolute atomic E-state index is 9.25. The quantitative estimate of drug-likeness (QED) is 0.401. The second-order valence-corrected chi connectivity index (χ2v) is 9.18. The molecule has 0 aromatic carbocycles. The number of hydrogen-bond acceptors (Lipinski definition) is 3. The molecule has 2 nitrogen and oxygen atoms in total. The molecular formula is C13H18IN2S-. The van der Waals surface area contributed by atoms with Crippen molar-refractivity contribution in [2.75, 3.05) is 10.7 Å². The van der Waals surface area contributed by atoms with Gasteiger partial charge in [-0.3, -0.25) is 0 Å². The number of fused-ring (bicyclic) bond motifs is 1. The number of alkyl halides is 2. The fraction of sp³-hybridized carbons (Fsp3) is 0.615. The van der Waals surface area contributed by atoms with Gasteiger partial charge in [-0.25, -0.2) is 0 Å². The molecule has 2 aliphatic rings. The third-order valence-electron chi connectivity index (χ3n) is 3.32. The number of halogens is 1. The van der Waals surface area contributed by atoms with Crippen molar-refractivity contribution in [3.8, 4) is 6.07 Å². The zero-order valence-electron chi connectivity index (χ0n) is 10.5. The van der Waals surface area contributed by atoms with Crippen LogP contribution in [0.4, 0.5) is 0 Å². The van der Waals surface area contributed by atoms with Gasteiger partial charge in [0.2, 0.25) is 0 Å². The van der Waals surface area contributed by atoms with Crippen LogP contribution >= 0.6 is 11.8 Å². The van der Waals surface area contributed by atoms with Crippen molar-refractivity contribution in [1.29, 1.82) is 5.26 Å². The van der Waals surface area contributed by atoms with E-state index in [0.29, 0.717) is 14.8 Å². The molecule has 2 rings (SSSR count). The van der Waals surface area contributed by atoms with Gasteiger partial charge in [-0.1, -0.05) is 0 Å². The minimum absolute atomic E-state index is 0.167. The Morgan fingerprint density at radius 2 is 2.47 bits per heavy atom. The number of hydrogen-bond donors (Lipinski definition) is 1. The standard InChI is InChI=1S/C13H18IN2S/c1-4-9-5-10(7-15)12-11(6-9)16-13(2,14-3)8-17-12/h5-6,11-12,16H,4,8H2,1-3H3/q-1. The number of thioether (sulfide) groups is 1. The first-order valence-corrected chi connectivity index (χ1v) is 10.1. The Kier molecular flexibility index (Phi) is 4.22. The topological polar surface area (TPSA) is 35.8 Å². The molecule has 3 atom stereocenters. The van der Waals surface area contributed by atoms with Crippen LogP contribution in [0, 0.1) is 11.3 Å². The van der Waals surface area contributed by atoms with Gasteiger partial charge in [-0.2, -0.15) is 0 Å². The molecule has 0 aromatic rings. The van der Waals surface area contributed by atoms with Gasteiger partial charge in [-0.05, 0) is 0 Å². The van der Waals surface area contributed by atoms with E-state index < -0.39 is 0 Å². The van der Waals surface area contributed by atoms with Crippen LogP contribution in [0.2, 0.25) is 0 Å². The first kappa shape index (κ1) is 13.4. The molecule has 0 spiro atoms. The van der Waals surface area contributed by atoms with E-state index in [0.717, 1.165) is 17.7 Å². The molecular weight excluding hydrogens is 343 g/mol. The van der Waals surface area contributed by atoms with Crippen LogP contribution in [0.15, 0.2) is 23.3 Å². The Balaban J connectivity index is 2.25. The van der Waals surface area contributed by atoms with Crippen LogP contribution in [-0.4, -0.2) is 25.5 Å². The Morgan fingerprint density at radius 1 is 1.71 bits per heavy atom. The third-order valence-corrected chi connectivity index (χ3v) is 8.56. The average molecular weight is 361 g/mol. The maximum atomic E-state index is 9.25. The molecule has 1 fully saturated rings. The summed E-state index contributed by atoms with van der Waals surface area (Å²) in [5.41, 5.74) is 2.25. The van der Waals surface area contributed by atoms with Crippen molar-refractivity contribution >= 4 is 11.8 Å². The molecule has 94 valence electrons. The second kappa shape index (κ2) is 5.33. The molecule has 0 amide bonds. The molecule has 0 aromatic heterocycles. The summed E-state index contributed by atoms with van der Waals surface area (Å²) < 4.78 is 0.317. The summed E-state index contributed by atoms with van der Waals surface area (Å²) in [7, 11) is 0. The molecule has 1 aliphatic heterocycles. The van der Waals surface area contributed by atoms with Crippen LogP contribution in [-0.2, 0) is 0 Å². The fourth-order valence-corrected chi connectivity index (χ4v) is 5.70. The fourth-order valence-electron chi connectivity index (χ4n) is 2.21. The number of rotatable bonds is 2. The van der Waals surface area contributed by atoms with E-state index >= 15 is 0 Å². The normalized spacial score (nSPS) is 36.8. The van der Waals surface area contributed by atoms with E-state index in [1.807, 2.05) is 11.8 Å². The molecule has 4 heteroatoms. The van der Waals surface area contributed by atoms with Crippen molar-refractivity contribution in [2.45, 2.75) is 35.1 Å². The van der Waals surface area contributed by atoms with Gasteiger partial charge in [0.25, 0.3) is 0 Å². The molecule has 1 saturated heterocycles. The van der Waals surface area contributed by atoms with E-state index in [2.05, 4.69) is 42.3 Å². The summed E-state index contributed by atoms with van der Waals surface area (Å²) in [5, 5.41) is 13.4. The van der Waals surface area contributed by atoms with E-state index in [1.54, 1.807) is 0 Å². The summed E-state index contributed by atoms with van der Waals surface area (Å²) in [6.45, 7) is 4.48. The van der Waals surface area contributed by atoms with Gasteiger partial charge >= 0.3 is 119 Å². The van der Waals surface area contributed by atoms with E-state index in [1.165, 1.54) is 5.57 Å². The van der Waals surface area contributed by atoms with E-state index in [9.17, 15) is 5.26 Å². The molecule has 0 saturated carbocycles. The van der Waals surface area contributed by atoms with Crippen molar-refractivity contribution in [3.05, 3.63) is 23.3 Å². The number of nitrogens with zero attached hydrogens (tertiary/aromatic N) is 1. The Labute approximate surface area is 118 Å². The molecule has 0 bridgehead atoms. The van der Waals surface area contributed by atoms with Crippen LogP contribution < -0.4 is 26.5 Å². The number of nitriles is 1. The van der Waals surface area contributed by atoms with Crippen LogP contribution in [0.1, 0.15) is 20.3 Å². The molecule has 1 N–H and O–H groups in total. The van der Waals surface area contributed by atoms with Gasteiger partial charge in [0, 0.05) is 0 Å². The zero-order valence-corrected chi connectivity index (χ0v) is 13.4. The number of allylic oxidation sites excluding steroid dienone is 2. The van der Waals surface area contributed by atoms with Crippen molar-refractivity contribution in [1.82, 2.24) is 5.32 Å². The SMILES string of the molecule is CCC1=CC2NC(C)([I-]C)CSC2C(C#N)=C1. The minimum atomic E-state index is 0.167. The van der Waals surface area contributed by atoms with Gasteiger partial charge < -0.3 is 0 Å². The van der Waals surface area contributed by atoms with Crippen LogP contribution in [0.5, 0.6) is 0 Å². The Morgan fingerprint density at radius 3 is 3.06 bits per heavy atom. The first-order chi connectivity index (χ1) is 8.11. The summed E-state index contributed by atoms with van der Waals surface area (Å²) in [4.78, 5) is 2.33. The van der Waals surface area contributed by atoms with Crippen LogP contribution in [0.25, 0.3) is 0 Å². The monoisotopic (exact) mass is 361 g/mol. The second-order valence-electron chi connectivity index (χ2n) is 4.59. The van der Waals surface area contributed by atoms with Crippen molar-refractivity contribution in [2.24, 2.45) is 0 Å². The number of nitrogens with one attached hydrogen (secondary N) is 1. The predicted molar refractivity (Wildman–Crippen MR) is 69.6 cm³/mol. The molecule has 3 unspecified atom stereocenters. The zero-order chi connectivity index (χ0) is 12.5. The van der Waals surface area contributed by atoms with Gasteiger partial charge in [0.05, 0.1) is 0 Å². The summed E-state index contributed by atoms with van der Waals surface area (Å²) >= 11 is 2.12. The van der Waals surface area contributed by atoms with E-state index in [4.69, 9.17) is 0 Å². The molecule has 0 radical (unpaired) electrons. The summed E-state index contributed by atoms with van der Waals surface area (Å²) in [6.07, 6.45) is 5.42. The molecule has 1 aliphatic carbocycles. The van der Waals surface area contributed by atoms with Crippen molar-refractivity contribution in [3.63, 3.8) is 0 Å². The van der Waals surface area contributed by atoms with Gasteiger partial charge in [0.1, 0.15) is 0 Å². The van der Waals surface area contributed by atoms with Gasteiger partial charge in [0.15, 0.2) is 0 Å². The Bertz CT molecular complexity index is 410. The van der Waals surface area contributed by atoms with Crippen molar-refractivity contribution < 1.29 is 21.2 Å². The van der Waals surface area contributed by atoms with Crippen LogP contribution in [0.3, 0.4) is 0 Å². The molecule has 1 heterocycles. The van der Waals surface area contributed by atoms with E-state index in [-0.39, 0.29) is 21.2 Å². The Hall–Kier alpha value is 0.0100. The predicted octanol–water partition coefficient (Wildman–Crippen LogP) is -0.705. The molecule has 17 heavy (non-hydrogen) atoms. The summed E-state index contributed by atoms with van der Waals surface area (Å²) in [6, 6.07) is 2.74.